The third-order valence-electron chi connectivity index (χ3n) is 7.40. The fraction of sp³-hybridized carbons (Fsp3) is 0.200. The summed E-state index contributed by atoms with van der Waals surface area (Å²) in [5, 5.41) is 1.13. The smallest absolute Gasteiger partial charge is 0.0832 e. The van der Waals surface area contributed by atoms with Gasteiger partial charge < -0.3 is 4.90 Å². The lowest BCUT2D eigenvalue weighted by molar-refractivity contribution is 0.353. The zero-order valence-electron chi connectivity index (χ0n) is 18.4. The van der Waals surface area contributed by atoms with Gasteiger partial charge in [0.1, 0.15) is 0 Å². The minimum Gasteiger partial charge on any atom is -0.309 e. The Morgan fingerprint density at radius 1 is 0.606 bits per heavy atom. The Bertz CT molecular complexity index is 1320. The summed E-state index contributed by atoms with van der Waals surface area (Å²) in [5.41, 5.74) is 8.92. The Kier molecular flexibility index (Phi) is 5.20. The Hall–Kier alpha value is -2.74. The van der Waals surface area contributed by atoms with E-state index in [9.17, 15) is 0 Å². The van der Waals surface area contributed by atoms with Crippen LogP contribution in [0.2, 0.25) is 10.0 Å². The molecule has 33 heavy (non-hydrogen) atoms. The van der Waals surface area contributed by atoms with Gasteiger partial charge in [0.25, 0.3) is 0 Å². The number of hydrogen-bond acceptors (Lipinski definition) is 1. The number of para-hydroxylation sites is 1. The number of rotatable bonds is 3. The zero-order valence-corrected chi connectivity index (χ0v) is 19.9. The molecule has 1 spiro atoms. The first kappa shape index (κ1) is 20.8. The first-order valence-electron chi connectivity index (χ1n) is 11.7. The summed E-state index contributed by atoms with van der Waals surface area (Å²) >= 11 is 13.2. The van der Waals surface area contributed by atoms with Crippen molar-refractivity contribution in [3.63, 3.8) is 0 Å². The van der Waals surface area contributed by atoms with Crippen LogP contribution in [0.25, 0.3) is 11.1 Å². The van der Waals surface area contributed by atoms with E-state index in [1.807, 2.05) is 24.3 Å². The molecule has 0 aromatic heterocycles. The predicted octanol–water partition coefficient (Wildman–Crippen LogP) is 9.69. The topological polar surface area (TPSA) is 3.24 Å². The average Bonchev–Trinajstić information content (AvgIpc) is 3.12. The van der Waals surface area contributed by atoms with Crippen molar-refractivity contribution < 1.29 is 0 Å². The van der Waals surface area contributed by atoms with Crippen molar-refractivity contribution in [3.05, 3.63) is 112 Å². The van der Waals surface area contributed by atoms with Gasteiger partial charge in [0.05, 0.1) is 15.7 Å². The SMILES string of the molecule is Clc1cccc(N(c2ccccc2)c2ccc3c(c2)C2(CCCCC2)c2ccccc2-3)c1Cl. The van der Waals surface area contributed by atoms with Crippen LogP contribution in [-0.2, 0) is 5.41 Å². The van der Waals surface area contributed by atoms with Crippen LogP contribution in [0.15, 0.2) is 91.0 Å². The first-order valence-corrected chi connectivity index (χ1v) is 12.5. The second-order valence-electron chi connectivity index (χ2n) is 9.16. The second-order valence-corrected chi connectivity index (χ2v) is 9.95. The van der Waals surface area contributed by atoms with Gasteiger partial charge in [0.2, 0.25) is 0 Å². The van der Waals surface area contributed by atoms with E-state index in [-0.39, 0.29) is 5.41 Å². The molecule has 4 aromatic carbocycles. The molecule has 0 amide bonds. The fourth-order valence-electron chi connectivity index (χ4n) is 5.95. The van der Waals surface area contributed by atoms with E-state index in [1.165, 1.54) is 54.4 Å². The highest BCUT2D eigenvalue weighted by Gasteiger charge is 2.43. The van der Waals surface area contributed by atoms with Gasteiger partial charge in [-0.2, -0.15) is 0 Å². The Morgan fingerprint density at radius 2 is 1.33 bits per heavy atom. The lowest BCUT2D eigenvalue weighted by Crippen LogP contribution is -2.28. The van der Waals surface area contributed by atoms with Crippen LogP contribution in [0, 0.1) is 0 Å². The van der Waals surface area contributed by atoms with Crippen LogP contribution in [0.1, 0.15) is 43.2 Å². The Labute approximate surface area is 205 Å². The number of fused-ring (bicyclic) bond motifs is 5. The zero-order chi connectivity index (χ0) is 22.4. The molecule has 0 heterocycles. The highest BCUT2D eigenvalue weighted by atomic mass is 35.5. The lowest BCUT2D eigenvalue weighted by atomic mass is 9.68. The van der Waals surface area contributed by atoms with E-state index in [4.69, 9.17) is 23.2 Å². The highest BCUT2D eigenvalue weighted by molar-refractivity contribution is 6.43. The summed E-state index contributed by atoms with van der Waals surface area (Å²) in [4.78, 5) is 2.23. The molecule has 1 fully saturated rings. The van der Waals surface area contributed by atoms with Gasteiger partial charge in [-0.15, -0.1) is 0 Å². The van der Waals surface area contributed by atoms with Gasteiger partial charge in [0, 0.05) is 16.8 Å². The van der Waals surface area contributed by atoms with Gasteiger partial charge in [-0.1, -0.05) is 97.1 Å². The highest BCUT2D eigenvalue weighted by Crippen LogP contribution is 2.57. The maximum atomic E-state index is 6.75. The molecule has 0 atom stereocenters. The van der Waals surface area contributed by atoms with Gasteiger partial charge in [-0.05, 0) is 71.5 Å². The van der Waals surface area contributed by atoms with Crippen molar-refractivity contribution in [1.29, 1.82) is 0 Å². The van der Waals surface area contributed by atoms with E-state index in [1.54, 1.807) is 0 Å². The van der Waals surface area contributed by atoms with Crippen molar-refractivity contribution in [2.75, 3.05) is 4.90 Å². The molecule has 3 heteroatoms. The molecular weight excluding hydrogens is 445 g/mol. The van der Waals surface area contributed by atoms with E-state index < -0.39 is 0 Å². The van der Waals surface area contributed by atoms with Crippen molar-refractivity contribution in [2.24, 2.45) is 0 Å². The molecule has 1 nitrogen and oxygen atoms in total. The predicted molar refractivity (Wildman–Crippen MR) is 140 cm³/mol. The molecule has 0 bridgehead atoms. The minimum atomic E-state index is 0.112. The second kappa shape index (κ2) is 8.24. The van der Waals surface area contributed by atoms with Gasteiger partial charge in [0.15, 0.2) is 0 Å². The number of anilines is 3. The molecule has 164 valence electrons. The number of halogens is 2. The molecule has 1 saturated carbocycles. The molecule has 6 rings (SSSR count). The molecule has 2 aliphatic carbocycles. The summed E-state index contributed by atoms with van der Waals surface area (Å²) in [6.45, 7) is 0. The third-order valence-corrected chi connectivity index (χ3v) is 8.21. The summed E-state index contributed by atoms with van der Waals surface area (Å²) < 4.78 is 0. The summed E-state index contributed by atoms with van der Waals surface area (Å²) in [5.74, 6) is 0. The van der Waals surface area contributed by atoms with Crippen LogP contribution >= 0.6 is 23.2 Å². The summed E-state index contributed by atoms with van der Waals surface area (Å²) in [6.07, 6.45) is 6.31. The Morgan fingerprint density at radius 3 is 2.15 bits per heavy atom. The normalized spacial score (nSPS) is 15.8. The number of nitrogens with zero attached hydrogens (tertiary/aromatic N) is 1. The van der Waals surface area contributed by atoms with Gasteiger partial charge in [-0.25, -0.2) is 0 Å². The molecule has 0 aliphatic heterocycles. The fourth-order valence-corrected chi connectivity index (χ4v) is 6.33. The minimum absolute atomic E-state index is 0.112. The van der Waals surface area contributed by atoms with E-state index in [0.29, 0.717) is 10.0 Å². The largest absolute Gasteiger partial charge is 0.309 e. The molecule has 0 unspecified atom stereocenters. The van der Waals surface area contributed by atoms with Crippen molar-refractivity contribution in [3.8, 4) is 11.1 Å². The quantitative estimate of drug-likeness (QED) is 0.288. The molecule has 0 radical (unpaired) electrons. The average molecular weight is 470 g/mol. The molecule has 0 N–H and O–H groups in total. The van der Waals surface area contributed by atoms with Crippen molar-refractivity contribution in [1.82, 2.24) is 0 Å². The molecule has 2 aliphatic rings. The number of benzene rings is 4. The van der Waals surface area contributed by atoms with E-state index >= 15 is 0 Å². The lowest BCUT2D eigenvalue weighted by Gasteiger charge is -2.36. The van der Waals surface area contributed by atoms with Crippen molar-refractivity contribution in [2.45, 2.75) is 37.5 Å². The van der Waals surface area contributed by atoms with Crippen LogP contribution in [-0.4, -0.2) is 0 Å². The number of hydrogen-bond donors (Lipinski definition) is 0. The summed E-state index contributed by atoms with van der Waals surface area (Å²) in [7, 11) is 0. The van der Waals surface area contributed by atoms with Gasteiger partial charge in [-0.3, -0.25) is 0 Å². The third kappa shape index (κ3) is 3.29. The standard InChI is InChI=1S/C30H25Cl2N/c31-27-14-9-15-28(29(27)32)33(21-10-3-1-4-11-21)22-16-17-24-23-12-5-6-13-25(23)30(26(24)20-22)18-7-2-8-19-30/h1,3-6,9-17,20H,2,7-8,18-19H2. The Balaban J connectivity index is 1.57. The molecule has 0 saturated heterocycles. The maximum Gasteiger partial charge on any atom is 0.0832 e. The first-order chi connectivity index (χ1) is 16.2. The van der Waals surface area contributed by atoms with Gasteiger partial charge >= 0.3 is 0 Å². The van der Waals surface area contributed by atoms with E-state index in [0.717, 1.165) is 17.1 Å². The van der Waals surface area contributed by atoms with Crippen LogP contribution in [0.3, 0.4) is 0 Å². The van der Waals surface area contributed by atoms with Crippen molar-refractivity contribution >= 4 is 40.3 Å². The maximum absolute atomic E-state index is 6.75. The van der Waals surface area contributed by atoms with Crippen LogP contribution in [0.5, 0.6) is 0 Å². The van der Waals surface area contributed by atoms with Crippen LogP contribution in [0.4, 0.5) is 17.1 Å². The molecular formula is C30H25Cl2N. The van der Waals surface area contributed by atoms with Crippen LogP contribution < -0.4 is 4.90 Å². The molecule has 4 aromatic rings. The van der Waals surface area contributed by atoms with E-state index in [2.05, 4.69) is 71.6 Å². The summed E-state index contributed by atoms with van der Waals surface area (Å²) in [6, 6.07) is 32.2. The monoisotopic (exact) mass is 469 g/mol.